The van der Waals surface area contributed by atoms with Crippen LogP contribution >= 0.6 is 0 Å². The Kier molecular flexibility index (Phi) is 3.23. The molecule has 0 N–H and O–H groups in total. The molecule has 2 rings (SSSR count). The summed E-state index contributed by atoms with van der Waals surface area (Å²) in [6.07, 6.45) is 0. The first-order valence-corrected chi connectivity index (χ1v) is 6.30. The molecule has 1 fully saturated rings. The molecule has 1 aromatic rings. The van der Waals surface area contributed by atoms with Crippen molar-refractivity contribution in [2.24, 2.45) is 17.8 Å². The van der Waals surface area contributed by atoms with Gasteiger partial charge in [0, 0.05) is 20.0 Å². The summed E-state index contributed by atoms with van der Waals surface area (Å²) in [6.45, 7) is 4.42. The molecule has 2 nitrogen and oxygen atoms in total. The van der Waals surface area contributed by atoms with Gasteiger partial charge >= 0.3 is 0 Å². The minimum Gasteiger partial charge on any atom is -0.349 e. The zero-order valence-corrected chi connectivity index (χ0v) is 11.1. The van der Waals surface area contributed by atoms with Crippen LogP contribution in [0.25, 0.3) is 0 Å². The number of rotatable bonds is 3. The zero-order chi connectivity index (χ0) is 12.6. The predicted molar refractivity (Wildman–Crippen MR) is 69.7 cm³/mol. The normalized spacial score (nSPS) is 27.0. The highest BCUT2D eigenvalue weighted by Gasteiger charge is 2.56. The molecule has 0 spiro atoms. The molecule has 1 aliphatic carbocycles. The lowest BCUT2D eigenvalue weighted by Gasteiger charge is -2.10. The van der Waals surface area contributed by atoms with Gasteiger partial charge in [0.05, 0.1) is 0 Å². The van der Waals surface area contributed by atoms with Crippen LogP contribution in [0.2, 0.25) is 0 Å². The van der Waals surface area contributed by atoms with E-state index in [0.717, 1.165) is 0 Å². The first-order chi connectivity index (χ1) is 8.04. The average Bonchev–Trinajstić information content (AvgIpc) is 3.04. The summed E-state index contributed by atoms with van der Waals surface area (Å²) in [5.41, 5.74) is 1.31. The monoisotopic (exact) mass is 231 g/mol. The van der Waals surface area contributed by atoms with Gasteiger partial charge in [-0.15, -0.1) is 0 Å². The van der Waals surface area contributed by atoms with E-state index in [1.165, 1.54) is 5.56 Å². The minimum absolute atomic E-state index is 0.187. The molecule has 0 saturated heterocycles. The number of carbonyl (C=O) groups excluding carboxylic acids is 1. The maximum atomic E-state index is 12.1. The largest absolute Gasteiger partial charge is 0.349 e. The molecule has 3 unspecified atom stereocenters. The molecule has 92 valence electrons. The van der Waals surface area contributed by atoms with E-state index in [-0.39, 0.29) is 11.8 Å². The summed E-state index contributed by atoms with van der Waals surface area (Å²) >= 11 is 0. The molecular weight excluding hydrogens is 210 g/mol. The Morgan fingerprint density at radius 3 is 2.24 bits per heavy atom. The highest BCUT2D eigenvalue weighted by molar-refractivity contribution is 5.83. The van der Waals surface area contributed by atoms with Crippen molar-refractivity contribution in [2.45, 2.75) is 19.8 Å². The van der Waals surface area contributed by atoms with Gasteiger partial charge in [-0.3, -0.25) is 4.79 Å². The van der Waals surface area contributed by atoms with Gasteiger partial charge in [0.15, 0.2) is 0 Å². The number of amides is 1. The summed E-state index contributed by atoms with van der Waals surface area (Å²) < 4.78 is 0. The van der Waals surface area contributed by atoms with Crippen molar-refractivity contribution in [3.8, 4) is 0 Å². The van der Waals surface area contributed by atoms with Crippen LogP contribution in [0.5, 0.6) is 0 Å². The third-order valence-electron chi connectivity index (χ3n) is 3.76. The molecule has 0 radical (unpaired) electrons. The molecule has 2 heteroatoms. The Bertz CT molecular complexity index is 397. The van der Waals surface area contributed by atoms with Crippen LogP contribution in [0.4, 0.5) is 0 Å². The summed E-state index contributed by atoms with van der Waals surface area (Å²) in [4.78, 5) is 13.9. The van der Waals surface area contributed by atoms with Crippen molar-refractivity contribution in [1.82, 2.24) is 4.90 Å². The molecule has 0 aromatic heterocycles. The van der Waals surface area contributed by atoms with Gasteiger partial charge in [0.1, 0.15) is 0 Å². The molecule has 1 amide bonds. The Morgan fingerprint density at radius 2 is 1.76 bits per heavy atom. The maximum Gasteiger partial charge on any atom is 0.226 e. The van der Waals surface area contributed by atoms with Gasteiger partial charge in [-0.05, 0) is 23.3 Å². The number of hydrogen-bond acceptors (Lipinski definition) is 1. The molecule has 0 aliphatic heterocycles. The van der Waals surface area contributed by atoms with E-state index in [1.807, 2.05) is 20.2 Å². The van der Waals surface area contributed by atoms with Gasteiger partial charge in [0.2, 0.25) is 5.91 Å². The van der Waals surface area contributed by atoms with Crippen LogP contribution in [-0.4, -0.2) is 24.9 Å². The molecule has 0 bridgehead atoms. The van der Waals surface area contributed by atoms with E-state index in [9.17, 15) is 4.79 Å². The van der Waals surface area contributed by atoms with Crippen molar-refractivity contribution < 1.29 is 4.79 Å². The topological polar surface area (TPSA) is 20.3 Å². The van der Waals surface area contributed by atoms with Crippen LogP contribution in [0.15, 0.2) is 30.3 Å². The maximum absolute atomic E-state index is 12.1. The lowest BCUT2D eigenvalue weighted by molar-refractivity contribution is -0.130. The second-order valence-corrected chi connectivity index (χ2v) is 5.52. The van der Waals surface area contributed by atoms with Crippen LogP contribution in [-0.2, 0) is 4.79 Å². The van der Waals surface area contributed by atoms with E-state index in [1.54, 1.807) is 4.90 Å². The van der Waals surface area contributed by atoms with E-state index >= 15 is 0 Å². The van der Waals surface area contributed by atoms with E-state index in [0.29, 0.717) is 17.8 Å². The third kappa shape index (κ3) is 2.21. The van der Waals surface area contributed by atoms with E-state index in [4.69, 9.17) is 0 Å². The minimum atomic E-state index is 0.187. The number of benzene rings is 1. The zero-order valence-electron chi connectivity index (χ0n) is 11.1. The van der Waals surface area contributed by atoms with Gasteiger partial charge in [-0.25, -0.2) is 0 Å². The van der Waals surface area contributed by atoms with E-state index < -0.39 is 0 Å². The van der Waals surface area contributed by atoms with Gasteiger partial charge < -0.3 is 4.90 Å². The van der Waals surface area contributed by atoms with Crippen molar-refractivity contribution >= 4 is 5.91 Å². The lowest BCUT2D eigenvalue weighted by atomic mass is 10.0. The first-order valence-electron chi connectivity index (χ1n) is 6.30. The molecule has 1 saturated carbocycles. The standard InChI is InChI=1S/C15H21NO/c1-10(2)12-13(11-8-6-5-7-9-11)14(12)15(17)16(3)4/h5-10,12-14H,1-4H3. The second kappa shape index (κ2) is 4.52. The molecular formula is C15H21NO. The third-order valence-corrected chi connectivity index (χ3v) is 3.76. The summed E-state index contributed by atoms with van der Waals surface area (Å²) in [5.74, 6) is 1.96. The number of carbonyl (C=O) groups is 1. The first kappa shape index (κ1) is 12.2. The average molecular weight is 231 g/mol. The summed E-state index contributed by atoms with van der Waals surface area (Å²) in [7, 11) is 3.69. The number of nitrogens with zero attached hydrogens (tertiary/aromatic N) is 1. The number of hydrogen-bond donors (Lipinski definition) is 0. The fourth-order valence-electron chi connectivity index (χ4n) is 2.89. The quantitative estimate of drug-likeness (QED) is 0.783. The highest BCUT2D eigenvalue weighted by Crippen LogP contribution is 2.58. The van der Waals surface area contributed by atoms with Crippen LogP contribution < -0.4 is 0 Å². The second-order valence-electron chi connectivity index (χ2n) is 5.52. The van der Waals surface area contributed by atoms with Crippen LogP contribution in [0.1, 0.15) is 25.3 Å². The summed E-state index contributed by atoms with van der Waals surface area (Å²) in [6, 6.07) is 10.4. The van der Waals surface area contributed by atoms with Crippen molar-refractivity contribution in [1.29, 1.82) is 0 Å². The van der Waals surface area contributed by atoms with Gasteiger partial charge in [-0.2, -0.15) is 0 Å². The molecule has 3 atom stereocenters. The van der Waals surface area contributed by atoms with Crippen molar-refractivity contribution in [3.05, 3.63) is 35.9 Å². The Morgan fingerprint density at radius 1 is 1.18 bits per heavy atom. The Labute approximate surface area is 104 Å². The molecule has 1 aliphatic rings. The fourth-order valence-corrected chi connectivity index (χ4v) is 2.89. The van der Waals surface area contributed by atoms with Crippen LogP contribution in [0.3, 0.4) is 0 Å². The Hall–Kier alpha value is -1.31. The van der Waals surface area contributed by atoms with Crippen LogP contribution in [0, 0.1) is 17.8 Å². The summed E-state index contributed by atoms with van der Waals surface area (Å²) in [5, 5.41) is 0. The van der Waals surface area contributed by atoms with Gasteiger partial charge in [-0.1, -0.05) is 44.2 Å². The van der Waals surface area contributed by atoms with E-state index in [2.05, 4.69) is 38.1 Å². The smallest absolute Gasteiger partial charge is 0.226 e. The molecule has 0 heterocycles. The van der Waals surface area contributed by atoms with Crippen molar-refractivity contribution in [2.75, 3.05) is 14.1 Å². The molecule has 1 aromatic carbocycles. The predicted octanol–water partition coefficient (Wildman–Crippen LogP) is 2.76. The Balaban J connectivity index is 2.21. The SMILES string of the molecule is CC(C)C1C(C(=O)N(C)C)C1c1ccccc1. The highest BCUT2D eigenvalue weighted by atomic mass is 16.2. The van der Waals surface area contributed by atoms with Gasteiger partial charge in [0.25, 0.3) is 0 Å². The fraction of sp³-hybridized carbons (Fsp3) is 0.533. The molecule has 17 heavy (non-hydrogen) atoms. The lowest BCUT2D eigenvalue weighted by Crippen LogP contribution is -2.24. The van der Waals surface area contributed by atoms with Crippen molar-refractivity contribution in [3.63, 3.8) is 0 Å².